The molecule has 0 atom stereocenters. The lowest BCUT2D eigenvalue weighted by Gasteiger charge is -2.06. The van der Waals surface area contributed by atoms with Crippen LogP contribution < -0.4 is 5.73 Å². The fraction of sp³-hybridized carbons (Fsp3) is 0.182. The lowest BCUT2D eigenvalue weighted by Crippen LogP contribution is -2.04. The van der Waals surface area contributed by atoms with E-state index in [1.54, 1.807) is 13.2 Å². The van der Waals surface area contributed by atoms with E-state index in [1.807, 2.05) is 0 Å². The second-order valence-corrected chi connectivity index (χ2v) is 3.68. The van der Waals surface area contributed by atoms with Crippen LogP contribution in [0.25, 0.3) is 11.3 Å². The molecule has 0 aliphatic heterocycles. The molecule has 1 aromatic carbocycles. The van der Waals surface area contributed by atoms with Gasteiger partial charge in [-0.25, -0.2) is 0 Å². The predicted molar refractivity (Wildman–Crippen MR) is 58.1 cm³/mol. The summed E-state index contributed by atoms with van der Waals surface area (Å²) < 4.78 is 38.6. The number of nitrogen functional groups attached to an aromatic ring is 1. The van der Waals surface area contributed by atoms with Gasteiger partial charge < -0.3 is 5.73 Å². The Hall–Kier alpha value is -1.98. The summed E-state index contributed by atoms with van der Waals surface area (Å²) in [5.41, 5.74) is 6.50. The third kappa shape index (κ3) is 2.25. The molecule has 2 rings (SSSR count). The lowest BCUT2D eigenvalue weighted by molar-refractivity contribution is -0.137. The molecular weight excluding hydrogens is 231 g/mol. The maximum atomic E-state index is 12.4. The van der Waals surface area contributed by atoms with Crippen molar-refractivity contribution in [2.45, 2.75) is 6.18 Å². The Balaban J connectivity index is 2.39. The molecule has 0 unspecified atom stereocenters. The van der Waals surface area contributed by atoms with Crippen LogP contribution >= 0.6 is 0 Å². The minimum absolute atomic E-state index is 0.437. The van der Waals surface area contributed by atoms with Gasteiger partial charge in [-0.3, -0.25) is 4.68 Å². The molecule has 0 aliphatic carbocycles. The minimum Gasteiger partial charge on any atom is -0.396 e. The van der Waals surface area contributed by atoms with Gasteiger partial charge in [-0.15, -0.1) is 0 Å². The quantitative estimate of drug-likeness (QED) is 0.834. The van der Waals surface area contributed by atoms with E-state index in [4.69, 9.17) is 5.73 Å². The summed E-state index contributed by atoms with van der Waals surface area (Å²) in [6.07, 6.45) is -2.72. The molecule has 6 heteroatoms. The van der Waals surface area contributed by atoms with Gasteiger partial charge in [-0.05, 0) is 12.1 Å². The monoisotopic (exact) mass is 241 g/mol. The molecule has 0 fully saturated rings. The van der Waals surface area contributed by atoms with Crippen molar-refractivity contribution < 1.29 is 13.2 Å². The average molecular weight is 241 g/mol. The molecule has 0 amide bonds. The SMILES string of the molecule is Cn1cc(N)c(-c2ccc(C(F)(F)F)cc2)n1. The van der Waals surface area contributed by atoms with Crippen molar-refractivity contribution in [2.75, 3.05) is 5.73 Å². The number of hydrogen-bond donors (Lipinski definition) is 1. The van der Waals surface area contributed by atoms with E-state index >= 15 is 0 Å². The number of nitrogens with two attached hydrogens (primary N) is 1. The van der Waals surface area contributed by atoms with Crippen molar-refractivity contribution in [2.24, 2.45) is 7.05 Å². The van der Waals surface area contributed by atoms with E-state index in [2.05, 4.69) is 5.10 Å². The van der Waals surface area contributed by atoms with E-state index in [-0.39, 0.29) is 0 Å². The standard InChI is InChI=1S/C11H10F3N3/c1-17-6-9(15)10(16-17)7-2-4-8(5-3-7)11(12,13)14/h2-6H,15H2,1H3. The van der Waals surface area contributed by atoms with Gasteiger partial charge in [0, 0.05) is 18.8 Å². The number of alkyl halides is 3. The molecule has 1 heterocycles. The molecule has 0 saturated carbocycles. The Labute approximate surface area is 95.7 Å². The molecule has 0 bridgehead atoms. The number of benzene rings is 1. The summed E-state index contributed by atoms with van der Waals surface area (Å²) in [6.45, 7) is 0. The highest BCUT2D eigenvalue weighted by molar-refractivity contribution is 5.72. The van der Waals surface area contributed by atoms with Crippen LogP contribution in [0, 0.1) is 0 Å². The zero-order valence-electron chi connectivity index (χ0n) is 8.99. The first-order chi connectivity index (χ1) is 7.88. The minimum atomic E-state index is -4.33. The van der Waals surface area contributed by atoms with Crippen molar-refractivity contribution in [3.8, 4) is 11.3 Å². The number of halogens is 3. The third-order valence-electron chi connectivity index (χ3n) is 2.34. The van der Waals surface area contributed by atoms with Gasteiger partial charge in [0.15, 0.2) is 0 Å². The van der Waals surface area contributed by atoms with Gasteiger partial charge in [-0.2, -0.15) is 18.3 Å². The van der Waals surface area contributed by atoms with Gasteiger partial charge in [0.2, 0.25) is 0 Å². The second kappa shape index (κ2) is 3.80. The number of rotatable bonds is 1. The molecule has 17 heavy (non-hydrogen) atoms. The van der Waals surface area contributed by atoms with Crippen LogP contribution in [0.3, 0.4) is 0 Å². The summed E-state index contributed by atoms with van der Waals surface area (Å²) in [6, 6.07) is 4.76. The van der Waals surface area contributed by atoms with Crippen LogP contribution in [0.1, 0.15) is 5.56 Å². The first-order valence-electron chi connectivity index (χ1n) is 4.84. The Morgan fingerprint density at radius 1 is 1.18 bits per heavy atom. The smallest absolute Gasteiger partial charge is 0.396 e. The fourth-order valence-corrected chi connectivity index (χ4v) is 1.55. The van der Waals surface area contributed by atoms with Crippen molar-refractivity contribution in [3.05, 3.63) is 36.0 Å². The largest absolute Gasteiger partial charge is 0.416 e. The van der Waals surface area contributed by atoms with Crippen molar-refractivity contribution in [1.29, 1.82) is 0 Å². The highest BCUT2D eigenvalue weighted by Crippen LogP contribution is 2.31. The van der Waals surface area contributed by atoms with E-state index < -0.39 is 11.7 Å². The summed E-state index contributed by atoms with van der Waals surface area (Å²) >= 11 is 0. The molecule has 2 N–H and O–H groups in total. The maximum absolute atomic E-state index is 12.4. The number of anilines is 1. The van der Waals surface area contributed by atoms with Crippen LogP contribution in [0.2, 0.25) is 0 Å². The van der Waals surface area contributed by atoms with Crippen molar-refractivity contribution >= 4 is 5.69 Å². The lowest BCUT2D eigenvalue weighted by atomic mass is 10.1. The van der Waals surface area contributed by atoms with Gasteiger partial charge >= 0.3 is 6.18 Å². The number of nitrogens with zero attached hydrogens (tertiary/aromatic N) is 2. The van der Waals surface area contributed by atoms with Crippen molar-refractivity contribution in [1.82, 2.24) is 9.78 Å². The third-order valence-corrected chi connectivity index (χ3v) is 2.34. The van der Waals surface area contributed by atoms with E-state index in [9.17, 15) is 13.2 Å². The van der Waals surface area contributed by atoms with E-state index in [0.717, 1.165) is 12.1 Å². The number of aromatic nitrogens is 2. The Morgan fingerprint density at radius 3 is 2.18 bits per heavy atom. The number of aryl methyl sites for hydroxylation is 1. The molecule has 0 aliphatic rings. The highest BCUT2D eigenvalue weighted by atomic mass is 19.4. The van der Waals surface area contributed by atoms with Crippen LogP contribution in [0.5, 0.6) is 0 Å². The van der Waals surface area contributed by atoms with Crippen LogP contribution in [0.4, 0.5) is 18.9 Å². The second-order valence-electron chi connectivity index (χ2n) is 3.68. The molecule has 0 saturated heterocycles. The zero-order chi connectivity index (χ0) is 12.6. The highest BCUT2D eigenvalue weighted by Gasteiger charge is 2.30. The predicted octanol–water partition coefficient (Wildman–Crippen LogP) is 2.69. The Bertz CT molecular complexity index is 526. The van der Waals surface area contributed by atoms with Crippen LogP contribution in [-0.2, 0) is 13.2 Å². The van der Waals surface area contributed by atoms with Crippen molar-refractivity contribution in [3.63, 3.8) is 0 Å². The molecular formula is C11H10F3N3. The molecule has 0 radical (unpaired) electrons. The molecule has 0 spiro atoms. The normalized spacial score (nSPS) is 11.8. The van der Waals surface area contributed by atoms with E-state index in [0.29, 0.717) is 16.9 Å². The first-order valence-corrected chi connectivity index (χ1v) is 4.84. The Morgan fingerprint density at radius 2 is 1.76 bits per heavy atom. The first kappa shape index (κ1) is 11.5. The fourth-order valence-electron chi connectivity index (χ4n) is 1.55. The van der Waals surface area contributed by atoms with Gasteiger partial charge in [0.1, 0.15) is 5.69 Å². The Kier molecular flexibility index (Phi) is 2.57. The summed E-state index contributed by atoms with van der Waals surface area (Å²) in [4.78, 5) is 0. The summed E-state index contributed by atoms with van der Waals surface area (Å²) in [7, 11) is 1.70. The molecule has 1 aromatic heterocycles. The maximum Gasteiger partial charge on any atom is 0.416 e. The zero-order valence-corrected chi connectivity index (χ0v) is 8.99. The summed E-state index contributed by atoms with van der Waals surface area (Å²) in [5, 5.41) is 4.08. The van der Waals surface area contributed by atoms with Gasteiger partial charge in [0.05, 0.1) is 11.3 Å². The average Bonchev–Trinajstić information content (AvgIpc) is 2.57. The molecule has 90 valence electrons. The molecule has 3 nitrogen and oxygen atoms in total. The number of hydrogen-bond acceptors (Lipinski definition) is 2. The topological polar surface area (TPSA) is 43.8 Å². The van der Waals surface area contributed by atoms with Gasteiger partial charge in [-0.1, -0.05) is 12.1 Å². The van der Waals surface area contributed by atoms with E-state index in [1.165, 1.54) is 16.8 Å². The molecule has 2 aromatic rings. The van der Waals surface area contributed by atoms with Crippen LogP contribution in [0.15, 0.2) is 30.5 Å². The summed E-state index contributed by atoms with van der Waals surface area (Å²) in [5.74, 6) is 0. The van der Waals surface area contributed by atoms with Crippen LogP contribution in [-0.4, -0.2) is 9.78 Å². The van der Waals surface area contributed by atoms with Gasteiger partial charge in [0.25, 0.3) is 0 Å².